The minimum Gasteiger partial charge on any atom is -0.393 e. The van der Waals surface area contributed by atoms with E-state index in [4.69, 9.17) is 0 Å². The van der Waals surface area contributed by atoms with E-state index in [1.165, 1.54) is 19.3 Å². The molecule has 0 bridgehead atoms. The number of fused-ring (bicyclic) bond motifs is 7. The standard InChI is InChI=1S/C30H48O3/c1-18-19(31)9-10-21-27(18,5)15-20(32)24-28(21,6)17-23(33)30(8)22-16-25(2,3)11-12-26(22,4)13-14-29(24,30)7/h18,21-24,33H,9-17H2,1-8H3/t18-,21-,22+,23-,24+,26+,27+,28-,29+,30+/m0/s1. The van der Waals surface area contributed by atoms with Crippen LogP contribution in [0.3, 0.4) is 0 Å². The first-order valence-electron chi connectivity index (χ1n) is 13.8. The smallest absolute Gasteiger partial charge is 0.137 e. The summed E-state index contributed by atoms with van der Waals surface area (Å²) in [6, 6.07) is 0. The van der Waals surface area contributed by atoms with Crippen LogP contribution in [0.2, 0.25) is 0 Å². The third-order valence-corrected chi connectivity index (χ3v) is 13.4. The zero-order chi connectivity index (χ0) is 24.4. The molecule has 0 saturated heterocycles. The second-order valence-electron chi connectivity index (χ2n) is 15.4. The Labute approximate surface area is 201 Å². The summed E-state index contributed by atoms with van der Waals surface area (Å²) in [6.45, 7) is 18.6. The summed E-state index contributed by atoms with van der Waals surface area (Å²) in [5.41, 5.74) is -0.389. The van der Waals surface area contributed by atoms with Crippen molar-refractivity contribution in [2.24, 2.45) is 56.2 Å². The molecule has 0 heterocycles. The van der Waals surface area contributed by atoms with Gasteiger partial charge in [0.05, 0.1) is 6.10 Å². The fourth-order valence-corrected chi connectivity index (χ4v) is 11.1. The molecular weight excluding hydrogens is 408 g/mol. The molecule has 0 radical (unpaired) electrons. The number of hydrogen-bond donors (Lipinski definition) is 1. The average Bonchev–Trinajstić information content (AvgIpc) is 2.69. The van der Waals surface area contributed by atoms with E-state index in [9.17, 15) is 14.7 Å². The number of carbonyl (C=O) groups excluding carboxylic acids is 2. The Bertz CT molecular complexity index is 891. The summed E-state index contributed by atoms with van der Waals surface area (Å²) in [7, 11) is 0. The van der Waals surface area contributed by atoms with E-state index in [2.05, 4.69) is 55.4 Å². The third-order valence-electron chi connectivity index (χ3n) is 13.4. The van der Waals surface area contributed by atoms with Crippen molar-refractivity contribution in [3.05, 3.63) is 0 Å². The molecule has 0 unspecified atom stereocenters. The maximum absolute atomic E-state index is 14.2. The first kappa shape index (κ1) is 24.0. The van der Waals surface area contributed by atoms with Crippen LogP contribution in [-0.4, -0.2) is 22.8 Å². The van der Waals surface area contributed by atoms with Crippen LogP contribution >= 0.6 is 0 Å². The largest absolute Gasteiger partial charge is 0.393 e. The second-order valence-corrected chi connectivity index (χ2v) is 15.4. The molecule has 0 aromatic heterocycles. The fourth-order valence-electron chi connectivity index (χ4n) is 11.1. The number of ketones is 2. The molecular formula is C30H48O3. The van der Waals surface area contributed by atoms with E-state index in [0.717, 1.165) is 19.3 Å². The van der Waals surface area contributed by atoms with Gasteiger partial charge in [0, 0.05) is 30.1 Å². The maximum Gasteiger partial charge on any atom is 0.137 e. The Morgan fingerprint density at radius 2 is 1.42 bits per heavy atom. The molecule has 5 aliphatic rings. The molecule has 0 amide bonds. The lowest BCUT2D eigenvalue weighted by Gasteiger charge is -2.75. The highest BCUT2D eigenvalue weighted by Gasteiger charge is 2.75. The van der Waals surface area contributed by atoms with Crippen LogP contribution in [0.1, 0.15) is 113 Å². The van der Waals surface area contributed by atoms with Gasteiger partial charge in [-0.3, -0.25) is 9.59 Å². The van der Waals surface area contributed by atoms with Gasteiger partial charge in [0.15, 0.2) is 0 Å². The lowest BCUT2D eigenvalue weighted by atomic mass is 9.29. The lowest BCUT2D eigenvalue weighted by Crippen LogP contribution is -2.73. The maximum atomic E-state index is 14.2. The van der Waals surface area contributed by atoms with Gasteiger partial charge in [-0.15, -0.1) is 0 Å². The molecule has 5 aliphatic carbocycles. The first-order chi connectivity index (χ1) is 15.1. The Morgan fingerprint density at radius 1 is 0.788 bits per heavy atom. The summed E-state index contributed by atoms with van der Waals surface area (Å²) in [5.74, 6) is 1.41. The topological polar surface area (TPSA) is 54.4 Å². The predicted molar refractivity (Wildman–Crippen MR) is 132 cm³/mol. The van der Waals surface area contributed by atoms with Gasteiger partial charge >= 0.3 is 0 Å². The third kappa shape index (κ3) is 2.78. The van der Waals surface area contributed by atoms with Crippen LogP contribution < -0.4 is 0 Å². The first-order valence-corrected chi connectivity index (χ1v) is 13.8. The highest BCUT2D eigenvalue weighted by molar-refractivity contribution is 5.88. The zero-order valence-electron chi connectivity index (χ0n) is 22.5. The molecule has 10 atom stereocenters. The Kier molecular flexibility index (Phi) is 4.90. The molecule has 3 heteroatoms. The summed E-state index contributed by atoms with van der Waals surface area (Å²) >= 11 is 0. The van der Waals surface area contributed by atoms with Crippen LogP contribution in [0, 0.1) is 56.2 Å². The monoisotopic (exact) mass is 456 g/mol. The van der Waals surface area contributed by atoms with Crippen molar-refractivity contribution >= 4 is 11.6 Å². The van der Waals surface area contributed by atoms with E-state index in [1.807, 2.05) is 0 Å². The van der Waals surface area contributed by atoms with Gasteiger partial charge in [-0.1, -0.05) is 55.4 Å². The van der Waals surface area contributed by atoms with Crippen molar-refractivity contribution < 1.29 is 14.7 Å². The molecule has 5 rings (SSSR count). The molecule has 1 N–H and O–H groups in total. The molecule has 0 spiro atoms. The van der Waals surface area contributed by atoms with Crippen molar-refractivity contribution in [1.82, 2.24) is 0 Å². The van der Waals surface area contributed by atoms with Crippen LogP contribution in [0.15, 0.2) is 0 Å². The van der Waals surface area contributed by atoms with Crippen molar-refractivity contribution in [3.63, 3.8) is 0 Å². The molecule has 0 aliphatic heterocycles. The van der Waals surface area contributed by atoms with Crippen LogP contribution in [0.25, 0.3) is 0 Å². The van der Waals surface area contributed by atoms with Crippen LogP contribution in [0.5, 0.6) is 0 Å². The summed E-state index contributed by atoms with van der Waals surface area (Å²) in [5, 5.41) is 12.2. The Morgan fingerprint density at radius 3 is 2.09 bits per heavy atom. The molecule has 5 fully saturated rings. The summed E-state index contributed by atoms with van der Waals surface area (Å²) < 4.78 is 0. The molecule has 0 aromatic carbocycles. The van der Waals surface area contributed by atoms with Gasteiger partial charge < -0.3 is 5.11 Å². The average molecular weight is 457 g/mol. The van der Waals surface area contributed by atoms with Crippen molar-refractivity contribution in [2.75, 3.05) is 0 Å². The SMILES string of the molecule is C[C@H]1C(=O)CC[C@@H]2[C@]3(C)C[C@H](O)[C@@]4(C)[C@@H]5CC(C)(C)CC[C@]5(C)CC[C@]4(C)[C@@H]3C(=O)C[C@@]21C. The quantitative estimate of drug-likeness (QED) is 0.446. The normalized spacial score (nSPS) is 58.0. The van der Waals surface area contributed by atoms with Gasteiger partial charge in [-0.25, -0.2) is 0 Å². The van der Waals surface area contributed by atoms with Crippen molar-refractivity contribution in [1.29, 1.82) is 0 Å². The number of carbonyl (C=O) groups is 2. The Hall–Kier alpha value is -0.700. The number of hydrogen-bond acceptors (Lipinski definition) is 3. The molecule has 186 valence electrons. The number of rotatable bonds is 0. The minimum absolute atomic E-state index is 0.00790. The highest BCUT2D eigenvalue weighted by atomic mass is 16.3. The van der Waals surface area contributed by atoms with E-state index >= 15 is 0 Å². The van der Waals surface area contributed by atoms with E-state index in [1.54, 1.807) is 0 Å². The number of Topliss-reactive ketones (excluding diaryl/α,β-unsaturated/α-hetero) is 2. The molecule has 5 saturated carbocycles. The zero-order valence-corrected chi connectivity index (χ0v) is 22.5. The fraction of sp³-hybridized carbons (Fsp3) is 0.933. The second kappa shape index (κ2) is 6.74. The van der Waals surface area contributed by atoms with Gasteiger partial charge in [0.25, 0.3) is 0 Å². The van der Waals surface area contributed by atoms with Gasteiger partial charge in [0.2, 0.25) is 0 Å². The minimum atomic E-state index is -0.398. The Balaban J connectivity index is 1.64. The molecule has 3 nitrogen and oxygen atoms in total. The van der Waals surface area contributed by atoms with E-state index in [-0.39, 0.29) is 38.9 Å². The van der Waals surface area contributed by atoms with E-state index < -0.39 is 6.10 Å². The van der Waals surface area contributed by atoms with Crippen molar-refractivity contribution in [2.45, 2.75) is 119 Å². The van der Waals surface area contributed by atoms with Gasteiger partial charge in [-0.2, -0.15) is 0 Å². The predicted octanol–water partition coefficient (Wildman–Crippen LogP) is 6.61. The van der Waals surface area contributed by atoms with Gasteiger partial charge in [-0.05, 0) is 83.9 Å². The van der Waals surface area contributed by atoms with Crippen LogP contribution in [-0.2, 0) is 9.59 Å². The van der Waals surface area contributed by atoms with E-state index in [0.29, 0.717) is 48.1 Å². The summed E-state index contributed by atoms with van der Waals surface area (Å²) in [6.07, 6.45) is 8.23. The lowest BCUT2D eigenvalue weighted by molar-refractivity contribution is -0.281. The number of aliphatic hydroxyl groups excluding tert-OH is 1. The molecule has 0 aromatic rings. The van der Waals surface area contributed by atoms with Crippen molar-refractivity contribution in [3.8, 4) is 0 Å². The number of aliphatic hydroxyl groups is 1. The van der Waals surface area contributed by atoms with Crippen LogP contribution in [0.4, 0.5) is 0 Å². The summed E-state index contributed by atoms with van der Waals surface area (Å²) in [4.78, 5) is 27.0. The molecule has 33 heavy (non-hydrogen) atoms. The highest BCUT2D eigenvalue weighted by Crippen LogP contribution is 2.77. The van der Waals surface area contributed by atoms with Gasteiger partial charge in [0.1, 0.15) is 11.6 Å².